The van der Waals surface area contributed by atoms with Gasteiger partial charge in [-0.25, -0.2) is 0 Å². The fourth-order valence-corrected chi connectivity index (χ4v) is 4.70. The minimum atomic E-state index is 0.675. The molecule has 1 N–H and O–H groups in total. The zero-order chi connectivity index (χ0) is 12.4. The number of hydrogen-bond donors (Lipinski definition) is 1. The molecule has 0 aromatic heterocycles. The van der Waals surface area contributed by atoms with Crippen molar-refractivity contribution in [2.24, 2.45) is 16.8 Å². The Morgan fingerprint density at radius 3 is 2.67 bits per heavy atom. The first kappa shape index (κ1) is 12.8. The van der Waals surface area contributed by atoms with Gasteiger partial charge >= 0.3 is 0 Å². The first-order valence-electron chi connectivity index (χ1n) is 7.84. The third kappa shape index (κ3) is 3.04. The third-order valence-corrected chi connectivity index (χ3v) is 6.10. The molecule has 2 aliphatic carbocycles. The zero-order valence-electron chi connectivity index (χ0n) is 11.5. The van der Waals surface area contributed by atoms with Gasteiger partial charge in [-0.15, -0.1) is 0 Å². The highest BCUT2D eigenvalue weighted by atomic mass is 32.2. The smallest absolute Gasteiger partial charge is 0.157 e. The third-order valence-electron chi connectivity index (χ3n) is 4.79. The molecule has 3 rings (SSSR count). The van der Waals surface area contributed by atoms with Crippen LogP contribution in [0, 0.1) is 11.8 Å². The van der Waals surface area contributed by atoms with Crippen LogP contribution in [-0.2, 0) is 0 Å². The van der Waals surface area contributed by atoms with Crippen LogP contribution in [0.1, 0.15) is 58.3 Å². The molecule has 0 aromatic carbocycles. The Morgan fingerprint density at radius 1 is 1.22 bits per heavy atom. The van der Waals surface area contributed by atoms with Crippen LogP contribution in [0.25, 0.3) is 0 Å². The molecule has 2 fully saturated rings. The van der Waals surface area contributed by atoms with Crippen LogP contribution in [0.5, 0.6) is 0 Å². The van der Waals surface area contributed by atoms with E-state index in [-0.39, 0.29) is 0 Å². The minimum Gasteiger partial charge on any atom is -0.362 e. The van der Waals surface area contributed by atoms with Crippen molar-refractivity contribution >= 4 is 16.9 Å². The predicted octanol–water partition coefficient (Wildman–Crippen LogP) is 3.82. The van der Waals surface area contributed by atoms with Crippen LogP contribution in [0.15, 0.2) is 4.99 Å². The fraction of sp³-hybridized carbons (Fsp3) is 0.933. The number of nitrogens with one attached hydrogen (secondary N) is 1. The monoisotopic (exact) mass is 266 g/mol. The van der Waals surface area contributed by atoms with Crippen molar-refractivity contribution in [1.82, 2.24) is 5.32 Å². The van der Waals surface area contributed by atoms with Gasteiger partial charge < -0.3 is 5.32 Å². The van der Waals surface area contributed by atoms with Crippen molar-refractivity contribution in [2.75, 3.05) is 6.54 Å². The van der Waals surface area contributed by atoms with Gasteiger partial charge in [0.1, 0.15) is 0 Å². The molecule has 0 aromatic rings. The normalized spacial score (nSPS) is 31.2. The lowest BCUT2D eigenvalue weighted by Gasteiger charge is -2.30. The van der Waals surface area contributed by atoms with Gasteiger partial charge in [0, 0.05) is 11.3 Å². The number of aliphatic imine (C=N–C) groups is 1. The van der Waals surface area contributed by atoms with E-state index in [0.717, 1.165) is 23.6 Å². The quantitative estimate of drug-likeness (QED) is 0.836. The largest absolute Gasteiger partial charge is 0.362 e. The lowest BCUT2D eigenvalue weighted by molar-refractivity contribution is 0.284. The molecule has 1 heterocycles. The van der Waals surface area contributed by atoms with E-state index in [0.29, 0.717) is 6.04 Å². The molecular formula is C15H26N2S. The first-order valence-corrected chi connectivity index (χ1v) is 8.72. The van der Waals surface area contributed by atoms with E-state index in [1.165, 1.54) is 56.5 Å². The summed E-state index contributed by atoms with van der Waals surface area (Å²) in [6.45, 7) is 3.39. The summed E-state index contributed by atoms with van der Waals surface area (Å²) in [5, 5.41) is 5.82. The van der Waals surface area contributed by atoms with Gasteiger partial charge in [-0.3, -0.25) is 4.99 Å². The summed E-state index contributed by atoms with van der Waals surface area (Å²) in [7, 11) is 0. The van der Waals surface area contributed by atoms with Crippen LogP contribution in [0.2, 0.25) is 0 Å². The Bertz CT molecular complexity index is 306. The minimum absolute atomic E-state index is 0.675. The van der Waals surface area contributed by atoms with Crippen LogP contribution >= 0.6 is 11.8 Å². The van der Waals surface area contributed by atoms with Crippen LogP contribution in [0.3, 0.4) is 0 Å². The SMILES string of the molecule is CCC(NC1=NCC(C2CC2)S1)C1CCCCC1. The van der Waals surface area contributed by atoms with Gasteiger partial charge in [0.05, 0.1) is 6.54 Å². The average Bonchev–Trinajstić information content (AvgIpc) is 3.17. The number of hydrogen-bond acceptors (Lipinski definition) is 3. The highest BCUT2D eigenvalue weighted by Crippen LogP contribution is 2.41. The van der Waals surface area contributed by atoms with Crippen molar-refractivity contribution in [2.45, 2.75) is 69.6 Å². The Kier molecular flexibility index (Phi) is 4.17. The number of thioether (sulfide) groups is 1. The van der Waals surface area contributed by atoms with E-state index in [2.05, 4.69) is 12.2 Å². The van der Waals surface area contributed by atoms with E-state index >= 15 is 0 Å². The first-order chi connectivity index (χ1) is 8.86. The van der Waals surface area contributed by atoms with E-state index in [9.17, 15) is 0 Å². The molecule has 0 saturated heterocycles. The highest BCUT2D eigenvalue weighted by Gasteiger charge is 2.36. The molecular weight excluding hydrogens is 240 g/mol. The van der Waals surface area contributed by atoms with Crippen LogP contribution < -0.4 is 5.32 Å². The zero-order valence-corrected chi connectivity index (χ0v) is 12.3. The van der Waals surface area contributed by atoms with Crippen LogP contribution in [-0.4, -0.2) is 23.0 Å². The maximum atomic E-state index is 4.73. The standard InChI is InChI=1S/C15H26N2S/c1-2-13(11-6-4-3-5-7-11)17-15-16-10-14(18-15)12-8-9-12/h11-14H,2-10H2,1H3,(H,16,17). The molecule has 18 heavy (non-hydrogen) atoms. The Balaban J connectivity index is 1.50. The number of nitrogens with zero attached hydrogens (tertiary/aromatic N) is 1. The Labute approximate surface area is 115 Å². The molecule has 2 atom stereocenters. The van der Waals surface area contributed by atoms with Crippen molar-refractivity contribution in [3.63, 3.8) is 0 Å². The van der Waals surface area contributed by atoms with E-state index in [1.807, 2.05) is 11.8 Å². The van der Waals surface area contributed by atoms with Gasteiger partial charge in [-0.1, -0.05) is 37.9 Å². The topological polar surface area (TPSA) is 24.4 Å². The van der Waals surface area contributed by atoms with Crippen molar-refractivity contribution in [1.29, 1.82) is 0 Å². The highest BCUT2D eigenvalue weighted by molar-refractivity contribution is 8.14. The summed E-state index contributed by atoms with van der Waals surface area (Å²) in [5.41, 5.74) is 0. The summed E-state index contributed by atoms with van der Waals surface area (Å²) >= 11 is 2.03. The molecule has 0 amide bonds. The van der Waals surface area contributed by atoms with Crippen molar-refractivity contribution in [3.05, 3.63) is 0 Å². The fourth-order valence-electron chi connectivity index (χ4n) is 3.43. The molecule has 1 aliphatic heterocycles. The average molecular weight is 266 g/mol. The summed E-state index contributed by atoms with van der Waals surface area (Å²) in [6.07, 6.45) is 11.3. The molecule has 2 unspecified atom stereocenters. The lowest BCUT2D eigenvalue weighted by atomic mass is 9.83. The summed E-state index contributed by atoms with van der Waals surface area (Å²) < 4.78 is 0. The maximum Gasteiger partial charge on any atom is 0.157 e. The van der Waals surface area contributed by atoms with E-state index < -0.39 is 0 Å². The molecule has 2 saturated carbocycles. The summed E-state index contributed by atoms with van der Waals surface area (Å²) in [4.78, 5) is 4.73. The van der Waals surface area contributed by atoms with Gasteiger partial charge in [0.25, 0.3) is 0 Å². The molecule has 3 heteroatoms. The molecule has 0 radical (unpaired) electrons. The number of amidine groups is 1. The van der Waals surface area contributed by atoms with Crippen molar-refractivity contribution < 1.29 is 0 Å². The van der Waals surface area contributed by atoms with Gasteiger partial charge in [-0.05, 0) is 43.9 Å². The lowest BCUT2D eigenvalue weighted by Crippen LogP contribution is -2.39. The molecule has 2 nitrogen and oxygen atoms in total. The summed E-state index contributed by atoms with van der Waals surface area (Å²) in [5.74, 6) is 1.87. The van der Waals surface area contributed by atoms with Gasteiger partial charge in [-0.2, -0.15) is 0 Å². The van der Waals surface area contributed by atoms with Gasteiger partial charge in [0.2, 0.25) is 0 Å². The molecule has 3 aliphatic rings. The van der Waals surface area contributed by atoms with Crippen LogP contribution in [0.4, 0.5) is 0 Å². The van der Waals surface area contributed by atoms with Gasteiger partial charge in [0.15, 0.2) is 5.17 Å². The predicted molar refractivity (Wildman–Crippen MR) is 80.2 cm³/mol. The van der Waals surface area contributed by atoms with Crippen molar-refractivity contribution in [3.8, 4) is 0 Å². The second kappa shape index (κ2) is 5.85. The Morgan fingerprint density at radius 2 is 2.00 bits per heavy atom. The second-order valence-corrected chi connectivity index (χ2v) is 7.42. The maximum absolute atomic E-state index is 4.73. The van der Waals surface area contributed by atoms with E-state index in [1.54, 1.807) is 0 Å². The second-order valence-electron chi connectivity index (χ2n) is 6.20. The summed E-state index contributed by atoms with van der Waals surface area (Å²) in [6, 6.07) is 0.675. The number of rotatable bonds is 4. The van der Waals surface area contributed by atoms with E-state index in [4.69, 9.17) is 4.99 Å². The Hall–Kier alpha value is -0.180. The molecule has 0 bridgehead atoms. The molecule has 102 valence electrons. The molecule has 0 spiro atoms.